The van der Waals surface area contributed by atoms with Gasteiger partial charge in [-0.25, -0.2) is 5.48 Å². The number of rotatable bonds is 9. The Morgan fingerprint density at radius 2 is 1.86 bits per heavy atom. The molecule has 0 spiro atoms. The third kappa shape index (κ3) is 5.73. The molecule has 1 aromatic carbocycles. The molecule has 0 saturated heterocycles. The third-order valence-electron chi connectivity index (χ3n) is 3.57. The zero-order valence-corrected chi connectivity index (χ0v) is 13.3. The average Bonchev–Trinajstić information content (AvgIpc) is 2.49. The van der Waals surface area contributed by atoms with Crippen molar-refractivity contribution in [3.05, 3.63) is 29.3 Å². The number of hydroxylamine groups is 1. The highest BCUT2D eigenvalue weighted by molar-refractivity contribution is 5.93. The number of benzene rings is 1. The number of nitrogens with one attached hydrogen (secondary N) is 1. The van der Waals surface area contributed by atoms with Crippen LogP contribution < -0.4 is 16.1 Å². The van der Waals surface area contributed by atoms with Crippen molar-refractivity contribution in [1.82, 2.24) is 5.48 Å². The molecule has 0 atom stereocenters. The number of hydrogen-bond acceptors (Lipinski definition) is 4. The van der Waals surface area contributed by atoms with Crippen LogP contribution in [0.15, 0.2) is 18.2 Å². The predicted octanol–water partition coefficient (Wildman–Crippen LogP) is 1.85. The number of nitrogens with two attached hydrogens (primary N) is 1. The van der Waals surface area contributed by atoms with Crippen LogP contribution in [0.5, 0.6) is 0 Å². The fourth-order valence-electron chi connectivity index (χ4n) is 2.39. The number of unbranched alkanes of at least 4 members (excludes halogenated alkanes) is 3. The summed E-state index contributed by atoms with van der Waals surface area (Å²) in [5, 5.41) is 8.40. The van der Waals surface area contributed by atoms with Gasteiger partial charge in [-0.15, -0.1) is 0 Å². The molecule has 0 aliphatic rings. The van der Waals surface area contributed by atoms with E-state index in [0.717, 1.165) is 43.4 Å². The molecule has 0 bridgehead atoms. The zero-order chi connectivity index (χ0) is 16.5. The van der Waals surface area contributed by atoms with Crippen LogP contribution in [-0.2, 0) is 11.2 Å². The first-order chi connectivity index (χ1) is 10.5. The van der Waals surface area contributed by atoms with Crippen molar-refractivity contribution < 1.29 is 14.8 Å². The zero-order valence-electron chi connectivity index (χ0n) is 13.3. The Morgan fingerprint density at radius 3 is 2.45 bits per heavy atom. The summed E-state index contributed by atoms with van der Waals surface area (Å²) in [7, 11) is 3.94. The summed E-state index contributed by atoms with van der Waals surface area (Å²) in [6, 6.07) is 5.52. The summed E-state index contributed by atoms with van der Waals surface area (Å²) in [4.78, 5) is 24.2. The molecule has 1 aromatic rings. The van der Waals surface area contributed by atoms with E-state index in [0.29, 0.717) is 12.0 Å². The normalized spacial score (nSPS) is 10.3. The molecule has 122 valence electrons. The highest BCUT2D eigenvalue weighted by atomic mass is 16.5. The van der Waals surface area contributed by atoms with Gasteiger partial charge in [-0.3, -0.25) is 14.8 Å². The lowest BCUT2D eigenvalue weighted by atomic mass is 10.0. The summed E-state index contributed by atoms with van der Waals surface area (Å²) in [6.45, 7) is 0. The summed E-state index contributed by atoms with van der Waals surface area (Å²) < 4.78 is 0. The number of hydrogen-bond donors (Lipinski definition) is 3. The molecule has 6 heteroatoms. The molecule has 0 saturated carbocycles. The number of amides is 2. The van der Waals surface area contributed by atoms with E-state index in [1.54, 1.807) is 11.5 Å². The second-order valence-electron chi connectivity index (χ2n) is 5.55. The standard InChI is InChI=1S/C16H25N3O3/c1-19(2)14-10-9-13(16(17)21)11-12(14)7-5-3-4-6-8-15(20)18-22/h9-11,22H,3-8H2,1-2H3,(H2,17,21)(H,18,20). The van der Waals surface area contributed by atoms with Gasteiger partial charge < -0.3 is 10.6 Å². The van der Waals surface area contributed by atoms with Gasteiger partial charge in [0, 0.05) is 31.8 Å². The van der Waals surface area contributed by atoms with Crippen molar-refractivity contribution in [2.24, 2.45) is 5.73 Å². The minimum Gasteiger partial charge on any atom is -0.377 e. The number of carbonyl (C=O) groups excluding carboxylic acids is 2. The maximum absolute atomic E-state index is 11.3. The van der Waals surface area contributed by atoms with Gasteiger partial charge in [0.15, 0.2) is 0 Å². The Bertz CT molecular complexity index is 515. The molecule has 22 heavy (non-hydrogen) atoms. The van der Waals surface area contributed by atoms with Gasteiger partial charge in [0.2, 0.25) is 11.8 Å². The van der Waals surface area contributed by atoms with E-state index < -0.39 is 5.91 Å². The fourth-order valence-corrected chi connectivity index (χ4v) is 2.39. The van der Waals surface area contributed by atoms with Crippen LogP contribution in [0.25, 0.3) is 0 Å². The molecule has 0 aliphatic carbocycles. The quantitative estimate of drug-likeness (QED) is 0.368. The first-order valence-corrected chi connectivity index (χ1v) is 7.48. The summed E-state index contributed by atoms with van der Waals surface area (Å²) in [6.07, 6.45) is 4.86. The van der Waals surface area contributed by atoms with E-state index in [9.17, 15) is 9.59 Å². The van der Waals surface area contributed by atoms with E-state index >= 15 is 0 Å². The highest BCUT2D eigenvalue weighted by Gasteiger charge is 2.09. The van der Waals surface area contributed by atoms with Crippen molar-refractivity contribution in [2.75, 3.05) is 19.0 Å². The lowest BCUT2D eigenvalue weighted by Crippen LogP contribution is -2.17. The Hall–Kier alpha value is -2.08. The summed E-state index contributed by atoms with van der Waals surface area (Å²) in [5.74, 6) is -0.759. The largest absolute Gasteiger partial charge is 0.377 e. The first kappa shape index (κ1) is 18.0. The third-order valence-corrected chi connectivity index (χ3v) is 3.57. The number of carbonyl (C=O) groups is 2. The Labute approximate surface area is 131 Å². The summed E-state index contributed by atoms with van der Waals surface area (Å²) >= 11 is 0. The van der Waals surface area contributed by atoms with Crippen LogP contribution >= 0.6 is 0 Å². The Kier molecular flexibility index (Phi) is 7.39. The van der Waals surface area contributed by atoms with Gasteiger partial charge in [0.25, 0.3) is 0 Å². The van der Waals surface area contributed by atoms with Crippen LogP contribution in [-0.4, -0.2) is 31.1 Å². The van der Waals surface area contributed by atoms with Gasteiger partial charge in [-0.2, -0.15) is 0 Å². The lowest BCUT2D eigenvalue weighted by Gasteiger charge is -2.18. The van der Waals surface area contributed by atoms with Gasteiger partial charge in [0.05, 0.1) is 0 Å². The minimum absolute atomic E-state index is 0.343. The fraction of sp³-hybridized carbons (Fsp3) is 0.500. The Morgan fingerprint density at radius 1 is 1.18 bits per heavy atom. The van der Waals surface area contributed by atoms with Crippen LogP contribution in [0.3, 0.4) is 0 Å². The van der Waals surface area contributed by atoms with Gasteiger partial charge in [0.1, 0.15) is 0 Å². The van der Waals surface area contributed by atoms with Gasteiger partial charge in [-0.05, 0) is 43.0 Å². The molecule has 0 aliphatic heterocycles. The van der Waals surface area contributed by atoms with Crippen LogP contribution in [0, 0.1) is 0 Å². The molecular weight excluding hydrogens is 282 g/mol. The van der Waals surface area contributed by atoms with E-state index in [1.807, 2.05) is 31.1 Å². The molecule has 0 aromatic heterocycles. The number of nitrogens with zero attached hydrogens (tertiary/aromatic N) is 1. The highest BCUT2D eigenvalue weighted by Crippen LogP contribution is 2.22. The first-order valence-electron chi connectivity index (χ1n) is 7.48. The van der Waals surface area contributed by atoms with Gasteiger partial charge >= 0.3 is 0 Å². The van der Waals surface area contributed by atoms with Crippen molar-refractivity contribution >= 4 is 17.5 Å². The molecule has 2 amide bonds. The maximum atomic E-state index is 11.3. The van der Waals surface area contributed by atoms with E-state index in [2.05, 4.69) is 0 Å². The van der Waals surface area contributed by atoms with Crippen LogP contribution in [0.2, 0.25) is 0 Å². The van der Waals surface area contributed by atoms with Crippen LogP contribution in [0.4, 0.5) is 5.69 Å². The molecule has 1 rings (SSSR count). The molecule has 0 fully saturated rings. The van der Waals surface area contributed by atoms with Crippen molar-refractivity contribution in [1.29, 1.82) is 0 Å². The number of anilines is 1. The van der Waals surface area contributed by atoms with Crippen LogP contribution in [0.1, 0.15) is 48.0 Å². The SMILES string of the molecule is CN(C)c1ccc(C(N)=O)cc1CCCCCCC(=O)NO. The number of aryl methyl sites for hydroxylation is 1. The van der Waals surface area contributed by atoms with E-state index in [4.69, 9.17) is 10.9 Å². The summed E-state index contributed by atoms with van der Waals surface area (Å²) in [5.41, 5.74) is 9.69. The Balaban J connectivity index is 2.51. The van der Waals surface area contributed by atoms with E-state index in [-0.39, 0.29) is 5.91 Å². The maximum Gasteiger partial charge on any atom is 0.248 e. The molecule has 4 N–H and O–H groups in total. The smallest absolute Gasteiger partial charge is 0.248 e. The predicted molar refractivity (Wildman–Crippen MR) is 86.0 cm³/mol. The second kappa shape index (κ2) is 9.04. The molecule has 6 nitrogen and oxygen atoms in total. The monoisotopic (exact) mass is 307 g/mol. The molecular formula is C16H25N3O3. The molecule has 0 heterocycles. The van der Waals surface area contributed by atoms with Crippen molar-refractivity contribution in [3.63, 3.8) is 0 Å². The van der Waals surface area contributed by atoms with Crippen molar-refractivity contribution in [3.8, 4) is 0 Å². The minimum atomic E-state index is -0.415. The van der Waals surface area contributed by atoms with E-state index in [1.165, 1.54) is 0 Å². The van der Waals surface area contributed by atoms with Gasteiger partial charge in [-0.1, -0.05) is 12.8 Å². The topological polar surface area (TPSA) is 95.7 Å². The average molecular weight is 307 g/mol. The molecule has 0 radical (unpaired) electrons. The van der Waals surface area contributed by atoms with Crippen molar-refractivity contribution in [2.45, 2.75) is 38.5 Å². The molecule has 0 unspecified atom stereocenters. The number of primary amides is 1. The second-order valence-corrected chi connectivity index (χ2v) is 5.55. The lowest BCUT2D eigenvalue weighted by molar-refractivity contribution is -0.129.